The molecule has 18 heavy (non-hydrogen) atoms. The number of carbonyl (C=O) groups is 1. The first-order chi connectivity index (χ1) is 8.41. The van der Waals surface area contributed by atoms with Gasteiger partial charge < -0.3 is 10.2 Å². The fourth-order valence-electron chi connectivity index (χ4n) is 1.49. The van der Waals surface area contributed by atoms with E-state index in [0.29, 0.717) is 11.4 Å². The molecule has 1 unspecified atom stereocenters. The Labute approximate surface area is 114 Å². The van der Waals surface area contributed by atoms with Gasteiger partial charge in [0.05, 0.1) is 5.54 Å². The highest BCUT2D eigenvalue weighted by Crippen LogP contribution is 2.16. The highest BCUT2D eigenvalue weighted by molar-refractivity contribution is 6.18. The van der Waals surface area contributed by atoms with Crippen molar-refractivity contribution in [3.63, 3.8) is 0 Å². The third-order valence-corrected chi connectivity index (χ3v) is 3.71. The Balaban J connectivity index is 2.88. The van der Waals surface area contributed by atoms with Crippen molar-refractivity contribution >= 4 is 23.2 Å². The second-order valence-corrected chi connectivity index (χ2v) is 5.21. The highest BCUT2D eigenvalue weighted by atomic mass is 35.5. The zero-order chi connectivity index (χ0) is 13.8. The van der Waals surface area contributed by atoms with Gasteiger partial charge in [0.1, 0.15) is 0 Å². The molecule has 1 aromatic carbocycles. The van der Waals surface area contributed by atoms with E-state index in [9.17, 15) is 4.79 Å². The minimum Gasteiger partial charge on any atom is -0.378 e. The summed E-state index contributed by atoms with van der Waals surface area (Å²) in [5.41, 5.74) is 1.31. The van der Waals surface area contributed by atoms with E-state index in [2.05, 4.69) is 5.32 Å². The molecule has 1 amide bonds. The fourth-order valence-corrected chi connectivity index (χ4v) is 1.74. The van der Waals surface area contributed by atoms with Crippen molar-refractivity contribution in [1.82, 2.24) is 5.32 Å². The topological polar surface area (TPSA) is 32.3 Å². The predicted molar refractivity (Wildman–Crippen MR) is 77.7 cm³/mol. The van der Waals surface area contributed by atoms with Gasteiger partial charge in [-0.05, 0) is 31.5 Å². The molecule has 0 spiro atoms. The molecule has 4 heteroatoms. The number of nitrogens with zero attached hydrogens (tertiary/aromatic N) is 1. The summed E-state index contributed by atoms with van der Waals surface area (Å²) < 4.78 is 0. The van der Waals surface area contributed by atoms with E-state index in [1.807, 2.05) is 57.1 Å². The molecule has 0 aliphatic carbocycles. The Bertz CT molecular complexity index is 414. The average Bonchev–Trinajstić information content (AvgIpc) is 2.38. The molecule has 0 heterocycles. The molecule has 3 nitrogen and oxygen atoms in total. The third-order valence-electron chi connectivity index (χ3n) is 3.12. The van der Waals surface area contributed by atoms with Crippen LogP contribution in [-0.4, -0.2) is 31.4 Å². The second-order valence-electron chi connectivity index (χ2n) is 4.95. The average molecular weight is 269 g/mol. The molecule has 100 valence electrons. The molecule has 0 radical (unpaired) electrons. The van der Waals surface area contributed by atoms with Crippen molar-refractivity contribution in [2.75, 3.05) is 24.9 Å². The molecular weight excluding hydrogens is 248 g/mol. The lowest BCUT2D eigenvalue weighted by molar-refractivity contribution is 0.0912. The van der Waals surface area contributed by atoms with Crippen LogP contribution in [0.15, 0.2) is 24.3 Å². The smallest absolute Gasteiger partial charge is 0.251 e. The van der Waals surface area contributed by atoms with Gasteiger partial charge in [0.15, 0.2) is 0 Å². The Hall–Kier alpha value is -1.22. The number of hydrogen-bond acceptors (Lipinski definition) is 2. The molecule has 1 aromatic rings. The number of anilines is 1. The van der Waals surface area contributed by atoms with Gasteiger partial charge in [-0.2, -0.15) is 0 Å². The summed E-state index contributed by atoms with van der Waals surface area (Å²) in [6.07, 6.45) is 0.801. The maximum Gasteiger partial charge on any atom is 0.251 e. The first-order valence-corrected chi connectivity index (χ1v) is 6.61. The lowest BCUT2D eigenvalue weighted by Crippen LogP contribution is -2.47. The Morgan fingerprint density at radius 3 is 2.61 bits per heavy atom. The molecule has 0 bridgehead atoms. The summed E-state index contributed by atoms with van der Waals surface area (Å²) in [5, 5.41) is 2.99. The van der Waals surface area contributed by atoms with Crippen molar-refractivity contribution in [3.05, 3.63) is 29.8 Å². The van der Waals surface area contributed by atoms with Gasteiger partial charge in [0, 0.05) is 31.2 Å². The molecular formula is C14H21ClN2O. The number of rotatable bonds is 5. The van der Waals surface area contributed by atoms with E-state index in [-0.39, 0.29) is 11.4 Å². The third kappa shape index (κ3) is 3.64. The number of nitrogens with one attached hydrogen (secondary N) is 1. The minimum atomic E-state index is -0.354. The standard InChI is InChI=1S/C14H21ClN2O/c1-5-14(2,10-15)16-13(18)11-7-6-8-12(9-11)17(3)4/h6-9H,5,10H2,1-4H3,(H,16,18). The van der Waals surface area contributed by atoms with Crippen LogP contribution < -0.4 is 10.2 Å². The predicted octanol–water partition coefficient (Wildman–Crippen LogP) is 2.89. The summed E-state index contributed by atoms with van der Waals surface area (Å²) in [4.78, 5) is 14.1. The first-order valence-electron chi connectivity index (χ1n) is 6.08. The van der Waals surface area contributed by atoms with Crippen LogP contribution in [0.3, 0.4) is 0 Å². The van der Waals surface area contributed by atoms with Gasteiger partial charge in [-0.3, -0.25) is 4.79 Å². The fraction of sp³-hybridized carbons (Fsp3) is 0.500. The van der Waals surface area contributed by atoms with Crippen LogP contribution in [-0.2, 0) is 0 Å². The van der Waals surface area contributed by atoms with Crippen LogP contribution in [0.2, 0.25) is 0 Å². The number of hydrogen-bond donors (Lipinski definition) is 1. The molecule has 0 fully saturated rings. The largest absolute Gasteiger partial charge is 0.378 e. The number of amides is 1. The number of carbonyl (C=O) groups excluding carboxylic acids is 1. The molecule has 0 saturated heterocycles. The van der Waals surface area contributed by atoms with Crippen LogP contribution in [0, 0.1) is 0 Å². The van der Waals surface area contributed by atoms with Crippen molar-refractivity contribution in [3.8, 4) is 0 Å². The van der Waals surface area contributed by atoms with Gasteiger partial charge in [-0.25, -0.2) is 0 Å². The monoisotopic (exact) mass is 268 g/mol. The van der Waals surface area contributed by atoms with E-state index in [1.165, 1.54) is 0 Å². The summed E-state index contributed by atoms with van der Waals surface area (Å²) in [6, 6.07) is 7.54. The molecule has 0 saturated carbocycles. The lowest BCUT2D eigenvalue weighted by Gasteiger charge is -2.27. The van der Waals surface area contributed by atoms with E-state index in [4.69, 9.17) is 11.6 Å². The van der Waals surface area contributed by atoms with Crippen molar-refractivity contribution < 1.29 is 4.79 Å². The van der Waals surface area contributed by atoms with Gasteiger partial charge in [-0.15, -0.1) is 11.6 Å². The Morgan fingerprint density at radius 2 is 2.11 bits per heavy atom. The lowest BCUT2D eigenvalue weighted by atomic mass is 10.0. The zero-order valence-electron chi connectivity index (χ0n) is 11.5. The molecule has 1 N–H and O–H groups in total. The van der Waals surface area contributed by atoms with Crippen molar-refractivity contribution in [1.29, 1.82) is 0 Å². The van der Waals surface area contributed by atoms with Gasteiger partial charge in [0.2, 0.25) is 0 Å². The molecule has 0 aromatic heterocycles. The summed E-state index contributed by atoms with van der Waals surface area (Å²) in [7, 11) is 3.90. The number of benzene rings is 1. The Morgan fingerprint density at radius 1 is 1.44 bits per heavy atom. The van der Waals surface area contributed by atoms with Crippen LogP contribution in [0.4, 0.5) is 5.69 Å². The summed E-state index contributed by atoms with van der Waals surface area (Å²) >= 11 is 5.90. The quantitative estimate of drug-likeness (QED) is 0.833. The van der Waals surface area contributed by atoms with E-state index in [1.54, 1.807) is 0 Å². The van der Waals surface area contributed by atoms with E-state index >= 15 is 0 Å². The first kappa shape index (κ1) is 14.8. The molecule has 1 rings (SSSR count). The van der Waals surface area contributed by atoms with Gasteiger partial charge >= 0.3 is 0 Å². The molecule has 0 aliphatic rings. The minimum absolute atomic E-state index is 0.0799. The van der Waals surface area contributed by atoms with Crippen LogP contribution >= 0.6 is 11.6 Å². The highest BCUT2D eigenvalue weighted by Gasteiger charge is 2.23. The summed E-state index contributed by atoms with van der Waals surface area (Å²) in [5.74, 6) is 0.325. The molecule has 1 atom stereocenters. The van der Waals surface area contributed by atoms with Crippen LogP contribution in [0.1, 0.15) is 30.6 Å². The van der Waals surface area contributed by atoms with Gasteiger partial charge in [-0.1, -0.05) is 13.0 Å². The Kier molecular flexibility index (Phi) is 5.03. The zero-order valence-corrected chi connectivity index (χ0v) is 12.2. The normalized spacial score (nSPS) is 13.8. The number of alkyl halides is 1. The molecule has 0 aliphatic heterocycles. The second kappa shape index (κ2) is 6.10. The van der Waals surface area contributed by atoms with Crippen LogP contribution in [0.5, 0.6) is 0 Å². The van der Waals surface area contributed by atoms with E-state index < -0.39 is 0 Å². The maximum absolute atomic E-state index is 12.2. The van der Waals surface area contributed by atoms with E-state index in [0.717, 1.165) is 12.1 Å². The van der Waals surface area contributed by atoms with Crippen LogP contribution in [0.25, 0.3) is 0 Å². The summed E-state index contributed by atoms with van der Waals surface area (Å²) in [6.45, 7) is 3.96. The van der Waals surface area contributed by atoms with Gasteiger partial charge in [0.25, 0.3) is 5.91 Å². The maximum atomic E-state index is 12.2. The van der Waals surface area contributed by atoms with Crippen molar-refractivity contribution in [2.45, 2.75) is 25.8 Å². The number of halogens is 1. The SMILES string of the molecule is CCC(C)(CCl)NC(=O)c1cccc(N(C)C)c1. The van der Waals surface area contributed by atoms with Crippen molar-refractivity contribution in [2.24, 2.45) is 0 Å².